The largest absolute Gasteiger partial charge is 0.384 e. The van der Waals surface area contributed by atoms with Gasteiger partial charge in [-0.05, 0) is 18.9 Å². The van der Waals surface area contributed by atoms with Gasteiger partial charge in [0, 0.05) is 30.9 Å². The number of nitro groups is 1. The van der Waals surface area contributed by atoms with Gasteiger partial charge in [-0.2, -0.15) is 0 Å². The molecule has 0 saturated heterocycles. The number of non-ortho nitro benzene ring substituents is 1. The first kappa shape index (κ1) is 15.9. The first-order valence-electron chi connectivity index (χ1n) is 6.90. The van der Waals surface area contributed by atoms with Crippen molar-refractivity contribution < 1.29 is 9.72 Å². The van der Waals surface area contributed by atoms with Gasteiger partial charge >= 0.3 is 0 Å². The van der Waals surface area contributed by atoms with Crippen molar-refractivity contribution in [3.8, 4) is 0 Å². The Morgan fingerprint density at radius 2 is 2.00 bits per heavy atom. The lowest BCUT2D eigenvalue weighted by Crippen LogP contribution is -2.25. The molecule has 0 saturated carbocycles. The average Bonchev–Trinajstić information content (AvgIpc) is 2.44. The topological polar surface area (TPSA) is 84.3 Å². The minimum absolute atomic E-state index is 0.0762. The summed E-state index contributed by atoms with van der Waals surface area (Å²) in [6, 6.07) is 4.31. The van der Waals surface area contributed by atoms with E-state index < -0.39 is 4.92 Å². The Morgan fingerprint density at radius 1 is 1.25 bits per heavy atom. The van der Waals surface area contributed by atoms with Crippen LogP contribution in [0.4, 0.5) is 11.4 Å². The smallest absolute Gasteiger partial charge is 0.270 e. The highest BCUT2D eigenvalue weighted by molar-refractivity contribution is 6.00. The number of nitro benzene ring substituents is 1. The zero-order valence-electron chi connectivity index (χ0n) is 11.9. The number of benzene rings is 1. The van der Waals surface area contributed by atoms with Crippen LogP contribution in [0.15, 0.2) is 18.2 Å². The van der Waals surface area contributed by atoms with Crippen LogP contribution < -0.4 is 10.6 Å². The van der Waals surface area contributed by atoms with Gasteiger partial charge in [0.25, 0.3) is 11.6 Å². The van der Waals surface area contributed by atoms with Crippen molar-refractivity contribution in [2.24, 2.45) is 0 Å². The van der Waals surface area contributed by atoms with E-state index in [0.717, 1.165) is 19.3 Å². The molecule has 6 nitrogen and oxygen atoms in total. The molecule has 1 rings (SSSR count). The Hall–Kier alpha value is -2.11. The van der Waals surface area contributed by atoms with Crippen molar-refractivity contribution in [1.82, 2.24) is 5.32 Å². The summed E-state index contributed by atoms with van der Waals surface area (Å²) in [6.07, 6.45) is 2.78. The van der Waals surface area contributed by atoms with E-state index in [-0.39, 0.29) is 11.6 Å². The third kappa shape index (κ3) is 4.53. The molecule has 0 aliphatic rings. The lowest BCUT2D eigenvalue weighted by molar-refractivity contribution is -0.384. The number of rotatable bonds is 8. The van der Waals surface area contributed by atoms with Crippen molar-refractivity contribution in [2.45, 2.75) is 33.1 Å². The number of anilines is 1. The van der Waals surface area contributed by atoms with Gasteiger partial charge in [0.2, 0.25) is 0 Å². The summed E-state index contributed by atoms with van der Waals surface area (Å²) >= 11 is 0. The zero-order chi connectivity index (χ0) is 15.0. The van der Waals surface area contributed by atoms with Crippen molar-refractivity contribution in [3.05, 3.63) is 33.9 Å². The van der Waals surface area contributed by atoms with Gasteiger partial charge in [-0.3, -0.25) is 14.9 Å². The lowest BCUT2D eigenvalue weighted by Gasteiger charge is -2.11. The molecule has 1 amide bonds. The van der Waals surface area contributed by atoms with Gasteiger partial charge in [0.05, 0.1) is 10.5 Å². The highest BCUT2D eigenvalue weighted by atomic mass is 16.6. The summed E-state index contributed by atoms with van der Waals surface area (Å²) in [4.78, 5) is 22.4. The van der Waals surface area contributed by atoms with Crippen LogP contribution in [-0.4, -0.2) is 23.9 Å². The zero-order valence-corrected chi connectivity index (χ0v) is 11.9. The summed E-state index contributed by atoms with van der Waals surface area (Å²) < 4.78 is 0. The minimum Gasteiger partial charge on any atom is -0.384 e. The number of nitrogens with one attached hydrogen (secondary N) is 2. The SMILES string of the molecule is CCCCNC(=O)c1cc([N+](=O)[O-])ccc1NCCC. The van der Waals surface area contributed by atoms with Crippen LogP contribution in [0, 0.1) is 10.1 Å². The van der Waals surface area contributed by atoms with Crippen LogP contribution in [0.2, 0.25) is 0 Å². The van der Waals surface area contributed by atoms with Crippen LogP contribution in [0.1, 0.15) is 43.5 Å². The van der Waals surface area contributed by atoms with E-state index in [1.807, 2.05) is 13.8 Å². The highest BCUT2D eigenvalue weighted by Gasteiger charge is 2.16. The molecule has 0 atom stereocenters. The molecule has 2 N–H and O–H groups in total. The molecule has 1 aromatic carbocycles. The van der Waals surface area contributed by atoms with Crippen LogP contribution >= 0.6 is 0 Å². The molecular formula is C14H21N3O3. The van der Waals surface area contributed by atoms with E-state index in [1.54, 1.807) is 6.07 Å². The predicted octanol–water partition coefficient (Wildman–Crippen LogP) is 2.95. The second-order valence-electron chi connectivity index (χ2n) is 4.52. The molecule has 6 heteroatoms. The number of unbranched alkanes of at least 4 members (excludes halogenated alkanes) is 1. The maximum atomic E-state index is 12.1. The Kier molecular flexibility index (Phi) is 6.49. The number of carbonyl (C=O) groups is 1. The van der Waals surface area contributed by atoms with Gasteiger partial charge < -0.3 is 10.6 Å². The first-order valence-corrected chi connectivity index (χ1v) is 6.90. The predicted molar refractivity (Wildman–Crippen MR) is 79.1 cm³/mol. The van der Waals surface area contributed by atoms with E-state index in [0.29, 0.717) is 24.3 Å². The molecule has 0 aliphatic carbocycles. The summed E-state index contributed by atoms with van der Waals surface area (Å²) in [6.45, 7) is 5.34. The van der Waals surface area contributed by atoms with Gasteiger partial charge in [-0.25, -0.2) is 0 Å². The highest BCUT2D eigenvalue weighted by Crippen LogP contribution is 2.22. The quantitative estimate of drug-likeness (QED) is 0.435. The van der Waals surface area contributed by atoms with Gasteiger partial charge in [-0.1, -0.05) is 20.3 Å². The minimum atomic E-state index is -0.494. The van der Waals surface area contributed by atoms with Crippen molar-refractivity contribution in [2.75, 3.05) is 18.4 Å². The molecule has 0 fully saturated rings. The average molecular weight is 279 g/mol. The second kappa shape index (κ2) is 8.14. The molecule has 0 spiro atoms. The summed E-state index contributed by atoms with van der Waals surface area (Å²) in [7, 11) is 0. The normalized spacial score (nSPS) is 10.1. The first-order chi connectivity index (χ1) is 9.60. The van der Waals surface area contributed by atoms with Crippen LogP contribution in [-0.2, 0) is 0 Å². The van der Waals surface area contributed by atoms with E-state index in [2.05, 4.69) is 10.6 Å². The van der Waals surface area contributed by atoms with Crippen LogP contribution in [0.25, 0.3) is 0 Å². The van der Waals surface area contributed by atoms with E-state index >= 15 is 0 Å². The molecule has 0 unspecified atom stereocenters. The van der Waals surface area contributed by atoms with Gasteiger partial charge in [-0.15, -0.1) is 0 Å². The second-order valence-corrected chi connectivity index (χ2v) is 4.52. The number of hydrogen-bond donors (Lipinski definition) is 2. The van der Waals surface area contributed by atoms with Crippen molar-refractivity contribution in [1.29, 1.82) is 0 Å². The fourth-order valence-electron chi connectivity index (χ4n) is 1.72. The van der Waals surface area contributed by atoms with Gasteiger partial charge in [0.1, 0.15) is 0 Å². The number of nitrogens with zero attached hydrogens (tertiary/aromatic N) is 1. The lowest BCUT2D eigenvalue weighted by atomic mass is 10.1. The molecule has 110 valence electrons. The monoisotopic (exact) mass is 279 g/mol. The van der Waals surface area contributed by atoms with Crippen LogP contribution in [0.3, 0.4) is 0 Å². The molecule has 20 heavy (non-hydrogen) atoms. The van der Waals surface area contributed by atoms with Crippen LogP contribution in [0.5, 0.6) is 0 Å². The Bertz CT molecular complexity index is 475. The fraction of sp³-hybridized carbons (Fsp3) is 0.500. The third-order valence-corrected chi connectivity index (χ3v) is 2.84. The number of amides is 1. The van der Waals surface area contributed by atoms with E-state index in [9.17, 15) is 14.9 Å². The molecule has 0 radical (unpaired) electrons. The Balaban J connectivity index is 2.94. The maximum Gasteiger partial charge on any atom is 0.270 e. The van der Waals surface area contributed by atoms with Crippen molar-refractivity contribution in [3.63, 3.8) is 0 Å². The van der Waals surface area contributed by atoms with E-state index in [1.165, 1.54) is 12.1 Å². The standard InChI is InChI=1S/C14H21N3O3/c1-3-5-9-16-14(18)12-10-11(17(19)20)6-7-13(12)15-8-4-2/h6-7,10,15H,3-5,8-9H2,1-2H3,(H,16,18). The Morgan fingerprint density at radius 3 is 2.60 bits per heavy atom. The molecule has 0 aromatic heterocycles. The summed E-state index contributed by atoms with van der Waals surface area (Å²) in [5.74, 6) is -0.277. The van der Waals surface area contributed by atoms with Crippen molar-refractivity contribution >= 4 is 17.3 Å². The Labute approximate surface area is 118 Å². The molecule has 0 aliphatic heterocycles. The molecular weight excluding hydrogens is 258 g/mol. The summed E-state index contributed by atoms with van der Waals surface area (Å²) in [5.41, 5.74) is 0.878. The third-order valence-electron chi connectivity index (χ3n) is 2.84. The summed E-state index contributed by atoms with van der Waals surface area (Å²) in [5, 5.41) is 16.7. The molecule has 1 aromatic rings. The van der Waals surface area contributed by atoms with Gasteiger partial charge in [0.15, 0.2) is 0 Å². The number of carbonyl (C=O) groups excluding carboxylic acids is 1. The van der Waals surface area contributed by atoms with E-state index in [4.69, 9.17) is 0 Å². The number of hydrogen-bond acceptors (Lipinski definition) is 4. The molecule has 0 bridgehead atoms. The maximum absolute atomic E-state index is 12.1. The molecule has 0 heterocycles. The fourth-order valence-corrected chi connectivity index (χ4v) is 1.72.